The van der Waals surface area contributed by atoms with Crippen molar-refractivity contribution in [3.8, 4) is 6.07 Å². The highest BCUT2D eigenvalue weighted by molar-refractivity contribution is 6.37. The predicted octanol–water partition coefficient (Wildman–Crippen LogP) is 0.664. The fourth-order valence-electron chi connectivity index (χ4n) is 2.72. The average molecular weight is 326 g/mol. The largest absolute Gasteiger partial charge is 0.365 e. The number of para-hydroxylation sites is 1. The lowest BCUT2D eigenvalue weighted by Crippen LogP contribution is -2.41. The molecule has 124 valence electrons. The van der Waals surface area contributed by atoms with E-state index in [0.717, 1.165) is 0 Å². The van der Waals surface area contributed by atoms with Crippen LogP contribution < -0.4 is 10.6 Å². The number of hydrogen-bond donors (Lipinski definition) is 1. The molecule has 0 saturated carbocycles. The molecule has 1 aromatic rings. The molecule has 0 bridgehead atoms. The number of nitrogens with two attached hydrogens (primary N) is 1. The van der Waals surface area contributed by atoms with Crippen molar-refractivity contribution in [1.82, 2.24) is 4.90 Å². The number of carbonyl (C=O) groups excluding carboxylic acids is 3. The Bertz CT molecular complexity index is 772. The van der Waals surface area contributed by atoms with Crippen LogP contribution in [0.5, 0.6) is 0 Å². The number of nitrogens with zero attached hydrogens (tertiary/aromatic N) is 3. The summed E-state index contributed by atoms with van der Waals surface area (Å²) in [5, 5.41) is 9.18. The lowest BCUT2D eigenvalue weighted by atomic mass is 10.0. The van der Waals surface area contributed by atoms with Crippen molar-refractivity contribution in [3.63, 3.8) is 0 Å². The van der Waals surface area contributed by atoms with Crippen molar-refractivity contribution < 1.29 is 14.4 Å². The molecule has 0 saturated heterocycles. The summed E-state index contributed by atoms with van der Waals surface area (Å²) in [6.45, 7) is 4.62. The predicted molar refractivity (Wildman–Crippen MR) is 88.5 cm³/mol. The second-order valence-electron chi connectivity index (χ2n) is 5.20. The van der Waals surface area contributed by atoms with Gasteiger partial charge in [-0.3, -0.25) is 19.3 Å². The molecule has 24 heavy (non-hydrogen) atoms. The summed E-state index contributed by atoms with van der Waals surface area (Å²) in [4.78, 5) is 39.5. The van der Waals surface area contributed by atoms with Gasteiger partial charge in [-0.1, -0.05) is 18.2 Å². The molecule has 0 radical (unpaired) electrons. The summed E-state index contributed by atoms with van der Waals surface area (Å²) in [5.74, 6) is -1.73. The normalized spacial score (nSPS) is 14.9. The number of nitriles is 1. The van der Waals surface area contributed by atoms with E-state index in [0.29, 0.717) is 24.3 Å². The first-order valence-corrected chi connectivity index (χ1v) is 7.59. The van der Waals surface area contributed by atoms with E-state index in [-0.39, 0.29) is 18.0 Å². The SMILES string of the molecule is CCN(CC)C(=O)CN1C(=O)/C(=C(\C#N)C(N)=O)c2ccccc21. The second-order valence-corrected chi connectivity index (χ2v) is 5.20. The molecule has 1 aromatic carbocycles. The van der Waals surface area contributed by atoms with Gasteiger partial charge in [-0.15, -0.1) is 0 Å². The molecule has 0 unspecified atom stereocenters. The number of anilines is 1. The molecule has 1 aliphatic rings. The number of carbonyl (C=O) groups is 3. The van der Waals surface area contributed by atoms with Gasteiger partial charge in [0, 0.05) is 18.7 Å². The first-order chi connectivity index (χ1) is 11.5. The Morgan fingerprint density at radius 3 is 2.42 bits per heavy atom. The Balaban J connectivity index is 2.51. The first kappa shape index (κ1) is 17.2. The zero-order valence-electron chi connectivity index (χ0n) is 13.6. The molecule has 0 aliphatic carbocycles. The lowest BCUT2D eigenvalue weighted by Gasteiger charge is -2.23. The van der Waals surface area contributed by atoms with Crippen LogP contribution >= 0.6 is 0 Å². The summed E-state index contributed by atoms with van der Waals surface area (Å²) < 4.78 is 0. The van der Waals surface area contributed by atoms with Gasteiger partial charge in [0.1, 0.15) is 18.2 Å². The van der Waals surface area contributed by atoms with Gasteiger partial charge in [0.25, 0.3) is 11.8 Å². The van der Waals surface area contributed by atoms with Crippen LogP contribution in [-0.2, 0) is 14.4 Å². The Morgan fingerprint density at radius 2 is 1.88 bits per heavy atom. The minimum absolute atomic E-state index is 0.0482. The van der Waals surface area contributed by atoms with Crippen molar-refractivity contribution in [2.24, 2.45) is 5.73 Å². The molecule has 0 aromatic heterocycles. The van der Waals surface area contributed by atoms with Crippen molar-refractivity contribution >= 4 is 29.0 Å². The van der Waals surface area contributed by atoms with E-state index < -0.39 is 17.4 Å². The standard InChI is InChI=1S/C17H18N4O3/c1-3-20(4-2)14(22)10-21-13-8-6-5-7-11(13)15(17(21)24)12(9-18)16(19)23/h5-8H,3-4,10H2,1-2H3,(H2,19,23)/b15-12+. The third-order valence-electron chi connectivity index (χ3n) is 3.94. The molecule has 0 spiro atoms. The first-order valence-electron chi connectivity index (χ1n) is 7.59. The van der Waals surface area contributed by atoms with Gasteiger partial charge < -0.3 is 10.6 Å². The summed E-state index contributed by atoms with van der Waals surface area (Å²) in [7, 11) is 0. The van der Waals surface area contributed by atoms with E-state index in [1.54, 1.807) is 35.2 Å². The van der Waals surface area contributed by atoms with E-state index in [1.165, 1.54) is 4.90 Å². The fourth-order valence-corrected chi connectivity index (χ4v) is 2.72. The third-order valence-corrected chi connectivity index (χ3v) is 3.94. The number of likely N-dealkylation sites (N-methyl/N-ethyl adjacent to an activating group) is 1. The van der Waals surface area contributed by atoms with E-state index in [4.69, 9.17) is 5.73 Å². The van der Waals surface area contributed by atoms with Crippen LogP contribution in [0.2, 0.25) is 0 Å². The zero-order chi connectivity index (χ0) is 17.9. The number of benzene rings is 1. The molecule has 7 heteroatoms. The highest BCUT2D eigenvalue weighted by Gasteiger charge is 2.37. The molecule has 0 atom stereocenters. The van der Waals surface area contributed by atoms with Crippen LogP contribution in [-0.4, -0.2) is 42.3 Å². The quantitative estimate of drug-likeness (QED) is 0.633. The Hall–Kier alpha value is -3.14. The fraction of sp³-hybridized carbons (Fsp3) is 0.294. The highest BCUT2D eigenvalue weighted by atomic mass is 16.2. The highest BCUT2D eigenvalue weighted by Crippen LogP contribution is 2.38. The van der Waals surface area contributed by atoms with Crippen LogP contribution in [0.3, 0.4) is 0 Å². The van der Waals surface area contributed by atoms with Gasteiger partial charge in [0.15, 0.2) is 0 Å². The minimum Gasteiger partial charge on any atom is -0.365 e. The molecule has 1 aliphatic heterocycles. The minimum atomic E-state index is -0.965. The number of amides is 3. The van der Waals surface area contributed by atoms with E-state index in [9.17, 15) is 19.6 Å². The Kier molecular flexibility index (Phi) is 4.99. The number of primary amides is 1. The number of fused-ring (bicyclic) bond motifs is 1. The van der Waals surface area contributed by atoms with Crippen molar-refractivity contribution in [2.75, 3.05) is 24.5 Å². The summed E-state index contributed by atoms with van der Waals surface area (Å²) in [6.07, 6.45) is 0. The monoisotopic (exact) mass is 326 g/mol. The maximum atomic E-state index is 12.7. The Morgan fingerprint density at radius 1 is 1.25 bits per heavy atom. The smallest absolute Gasteiger partial charge is 0.261 e. The van der Waals surface area contributed by atoms with Gasteiger partial charge in [-0.25, -0.2) is 0 Å². The molecule has 7 nitrogen and oxygen atoms in total. The summed E-state index contributed by atoms with van der Waals surface area (Å²) in [5.41, 5.74) is 5.70. The van der Waals surface area contributed by atoms with Crippen molar-refractivity contribution in [1.29, 1.82) is 5.26 Å². The number of hydrogen-bond acceptors (Lipinski definition) is 4. The zero-order valence-corrected chi connectivity index (χ0v) is 13.6. The Labute approximate surface area is 139 Å². The second kappa shape index (κ2) is 6.96. The van der Waals surface area contributed by atoms with Gasteiger partial charge in [0.05, 0.1) is 11.3 Å². The van der Waals surface area contributed by atoms with Crippen LogP contribution in [0.4, 0.5) is 5.69 Å². The van der Waals surface area contributed by atoms with E-state index in [1.807, 2.05) is 13.8 Å². The van der Waals surface area contributed by atoms with Gasteiger partial charge in [-0.05, 0) is 19.9 Å². The maximum absolute atomic E-state index is 12.7. The third kappa shape index (κ3) is 2.86. The summed E-state index contributed by atoms with van der Waals surface area (Å²) >= 11 is 0. The molecule has 2 N–H and O–H groups in total. The molecule has 0 fully saturated rings. The van der Waals surface area contributed by atoms with Gasteiger partial charge in [-0.2, -0.15) is 5.26 Å². The molecule has 1 heterocycles. The van der Waals surface area contributed by atoms with Crippen molar-refractivity contribution in [3.05, 3.63) is 35.4 Å². The average Bonchev–Trinajstić information content (AvgIpc) is 2.83. The van der Waals surface area contributed by atoms with Gasteiger partial charge >= 0.3 is 0 Å². The van der Waals surface area contributed by atoms with E-state index >= 15 is 0 Å². The molecular formula is C17H18N4O3. The topological polar surface area (TPSA) is 108 Å². The van der Waals surface area contributed by atoms with Crippen LogP contribution in [0, 0.1) is 11.3 Å². The van der Waals surface area contributed by atoms with Crippen molar-refractivity contribution in [2.45, 2.75) is 13.8 Å². The molecular weight excluding hydrogens is 308 g/mol. The summed E-state index contributed by atoms with van der Waals surface area (Å²) in [6, 6.07) is 8.41. The molecule has 3 amide bonds. The van der Waals surface area contributed by atoms with E-state index in [2.05, 4.69) is 0 Å². The maximum Gasteiger partial charge on any atom is 0.261 e. The lowest BCUT2D eigenvalue weighted by molar-refractivity contribution is -0.130. The van der Waals surface area contributed by atoms with Crippen LogP contribution in [0.1, 0.15) is 19.4 Å². The van der Waals surface area contributed by atoms with Gasteiger partial charge in [0.2, 0.25) is 5.91 Å². The number of rotatable bonds is 5. The molecule has 2 rings (SSSR count). The van der Waals surface area contributed by atoms with Crippen LogP contribution in [0.15, 0.2) is 29.8 Å². The van der Waals surface area contributed by atoms with Crippen LogP contribution in [0.25, 0.3) is 5.57 Å².